The highest BCUT2D eigenvalue weighted by Gasteiger charge is 2.21. The molecule has 0 aliphatic heterocycles. The summed E-state index contributed by atoms with van der Waals surface area (Å²) in [7, 11) is 1.44. The van der Waals surface area contributed by atoms with Crippen molar-refractivity contribution in [3.8, 4) is 0 Å². The summed E-state index contributed by atoms with van der Waals surface area (Å²) in [5, 5.41) is 2.74. The van der Waals surface area contributed by atoms with E-state index in [1.54, 1.807) is 0 Å². The molecule has 1 atom stereocenters. The topological polar surface area (TPSA) is 94.2 Å². The van der Waals surface area contributed by atoms with Gasteiger partial charge in [0.25, 0.3) is 0 Å². The lowest BCUT2D eigenvalue weighted by Crippen LogP contribution is -2.38. The number of amides is 3. The number of carbonyl (C=O) groups is 3. The van der Waals surface area contributed by atoms with Crippen LogP contribution in [0, 0.1) is 6.92 Å². The van der Waals surface area contributed by atoms with Crippen LogP contribution >= 0.6 is 0 Å². The standard InChI is InChI=1S/C29H55N2O6/c1-5-7-8-9-10-11-12-13-14-15-16-17-18-19-20-21-22-30-28(33)36-24-27(35-4)25-37-29(34)31(23-6-2)26(3)32/h27H,2,5-25H2,1,3-4H3,(H,30,33). The van der Waals surface area contributed by atoms with E-state index in [-0.39, 0.29) is 19.8 Å². The Bertz CT molecular complexity index is 573. The SMILES string of the molecule is [CH2]CCN(C(C)=O)C(=O)OCC(COC(=O)NCCCCCCCCCCCCCCCCCC)OC. The molecular formula is C29H55N2O6. The molecule has 1 unspecified atom stereocenters. The van der Waals surface area contributed by atoms with E-state index < -0.39 is 24.2 Å². The highest BCUT2D eigenvalue weighted by atomic mass is 16.6. The molecule has 0 aromatic heterocycles. The highest BCUT2D eigenvalue weighted by molar-refractivity contribution is 5.90. The van der Waals surface area contributed by atoms with Gasteiger partial charge in [0.1, 0.15) is 19.3 Å². The molecule has 3 amide bonds. The zero-order valence-corrected chi connectivity index (χ0v) is 24.0. The largest absolute Gasteiger partial charge is 0.447 e. The van der Waals surface area contributed by atoms with Crippen LogP contribution < -0.4 is 5.32 Å². The van der Waals surface area contributed by atoms with Crippen LogP contribution in [0.25, 0.3) is 0 Å². The molecule has 0 fully saturated rings. The third-order valence-corrected chi connectivity index (χ3v) is 6.41. The quantitative estimate of drug-likeness (QED) is 0.133. The molecule has 8 nitrogen and oxygen atoms in total. The molecule has 0 aliphatic carbocycles. The van der Waals surface area contributed by atoms with Gasteiger partial charge in [-0.15, -0.1) is 0 Å². The normalized spacial score (nSPS) is 11.7. The first-order valence-corrected chi connectivity index (χ1v) is 14.6. The Balaban J connectivity index is 3.60. The third-order valence-electron chi connectivity index (χ3n) is 6.41. The minimum Gasteiger partial charge on any atom is -0.447 e. The zero-order chi connectivity index (χ0) is 27.6. The summed E-state index contributed by atoms with van der Waals surface area (Å²) < 4.78 is 15.4. The fraction of sp³-hybridized carbons (Fsp3) is 0.862. The van der Waals surface area contributed by atoms with Crippen LogP contribution in [0.5, 0.6) is 0 Å². The van der Waals surface area contributed by atoms with Gasteiger partial charge in [-0.3, -0.25) is 4.79 Å². The zero-order valence-electron chi connectivity index (χ0n) is 24.0. The number of alkyl carbamates (subject to hydrolysis) is 1. The van der Waals surface area contributed by atoms with Gasteiger partial charge in [0, 0.05) is 27.1 Å². The molecule has 37 heavy (non-hydrogen) atoms. The maximum atomic E-state index is 12.0. The van der Waals surface area contributed by atoms with Gasteiger partial charge in [-0.2, -0.15) is 0 Å². The van der Waals surface area contributed by atoms with Gasteiger partial charge >= 0.3 is 12.2 Å². The Labute approximate surface area is 226 Å². The molecule has 0 spiro atoms. The molecule has 0 aromatic carbocycles. The van der Waals surface area contributed by atoms with Crippen LogP contribution in [-0.2, 0) is 19.0 Å². The van der Waals surface area contributed by atoms with Crippen molar-refractivity contribution in [2.24, 2.45) is 0 Å². The molecular weight excluding hydrogens is 472 g/mol. The van der Waals surface area contributed by atoms with Crippen molar-refractivity contribution < 1.29 is 28.6 Å². The number of carbonyl (C=O) groups excluding carboxylic acids is 3. The summed E-state index contributed by atoms with van der Waals surface area (Å²) in [5.74, 6) is -0.410. The molecule has 217 valence electrons. The van der Waals surface area contributed by atoms with Gasteiger partial charge in [-0.1, -0.05) is 110 Å². The van der Waals surface area contributed by atoms with Gasteiger partial charge in [-0.05, 0) is 12.8 Å². The first kappa shape index (κ1) is 35.2. The van der Waals surface area contributed by atoms with E-state index in [4.69, 9.17) is 14.2 Å². The van der Waals surface area contributed by atoms with Crippen LogP contribution in [0.3, 0.4) is 0 Å². The summed E-state index contributed by atoms with van der Waals surface area (Å²) >= 11 is 0. The van der Waals surface area contributed by atoms with Crippen molar-refractivity contribution >= 4 is 18.1 Å². The van der Waals surface area contributed by atoms with E-state index in [2.05, 4.69) is 19.2 Å². The molecule has 1 N–H and O–H groups in total. The summed E-state index contributed by atoms with van der Waals surface area (Å²) in [4.78, 5) is 36.4. The Morgan fingerprint density at radius 3 is 1.65 bits per heavy atom. The second-order valence-corrected chi connectivity index (χ2v) is 9.79. The number of hydrogen-bond acceptors (Lipinski definition) is 6. The highest BCUT2D eigenvalue weighted by Crippen LogP contribution is 2.13. The van der Waals surface area contributed by atoms with Crippen molar-refractivity contribution in [3.05, 3.63) is 6.92 Å². The first-order valence-electron chi connectivity index (χ1n) is 14.6. The number of rotatable bonds is 24. The lowest BCUT2D eigenvalue weighted by Gasteiger charge is -2.20. The Hall–Kier alpha value is -1.83. The smallest absolute Gasteiger partial charge is 0.416 e. The molecule has 0 bridgehead atoms. The van der Waals surface area contributed by atoms with Crippen LogP contribution in [-0.4, -0.2) is 62.5 Å². The van der Waals surface area contributed by atoms with Gasteiger partial charge in [0.05, 0.1) is 0 Å². The maximum Gasteiger partial charge on any atom is 0.416 e. The van der Waals surface area contributed by atoms with Crippen LogP contribution in [0.2, 0.25) is 0 Å². The van der Waals surface area contributed by atoms with E-state index in [9.17, 15) is 14.4 Å². The molecule has 0 saturated carbocycles. The van der Waals surface area contributed by atoms with E-state index >= 15 is 0 Å². The van der Waals surface area contributed by atoms with Gasteiger partial charge in [0.2, 0.25) is 5.91 Å². The third kappa shape index (κ3) is 21.9. The lowest BCUT2D eigenvalue weighted by atomic mass is 10.0. The van der Waals surface area contributed by atoms with Crippen molar-refractivity contribution in [1.29, 1.82) is 0 Å². The Morgan fingerprint density at radius 1 is 0.757 bits per heavy atom. The first-order chi connectivity index (χ1) is 18.0. The predicted octanol–water partition coefficient (Wildman–Crippen LogP) is 7.20. The number of nitrogens with one attached hydrogen (secondary N) is 1. The second-order valence-electron chi connectivity index (χ2n) is 9.79. The fourth-order valence-corrected chi connectivity index (χ4v) is 4.04. The summed E-state index contributed by atoms with van der Waals surface area (Å²) in [6, 6.07) is 0. The molecule has 0 aliphatic rings. The Morgan fingerprint density at radius 2 is 1.22 bits per heavy atom. The van der Waals surface area contributed by atoms with Crippen LogP contribution in [0.4, 0.5) is 9.59 Å². The minimum absolute atomic E-state index is 0.0516. The molecule has 0 rings (SSSR count). The van der Waals surface area contributed by atoms with Crippen molar-refractivity contribution in [2.45, 2.75) is 129 Å². The second kappa shape index (κ2) is 25.8. The summed E-state index contributed by atoms with van der Waals surface area (Å²) in [6.07, 6.45) is 19.5. The van der Waals surface area contributed by atoms with E-state index in [1.807, 2.05) is 0 Å². The van der Waals surface area contributed by atoms with Gasteiger partial charge in [0.15, 0.2) is 0 Å². The number of methoxy groups -OCH3 is 1. The van der Waals surface area contributed by atoms with Gasteiger partial charge < -0.3 is 19.5 Å². The van der Waals surface area contributed by atoms with E-state index in [1.165, 1.54) is 104 Å². The van der Waals surface area contributed by atoms with Gasteiger partial charge in [-0.25, -0.2) is 14.5 Å². The number of nitrogens with zero attached hydrogens (tertiary/aromatic N) is 1. The molecule has 8 heteroatoms. The lowest BCUT2D eigenvalue weighted by molar-refractivity contribution is -0.127. The fourth-order valence-electron chi connectivity index (χ4n) is 4.04. The Kier molecular flexibility index (Phi) is 24.5. The molecule has 0 heterocycles. The molecule has 0 saturated heterocycles. The van der Waals surface area contributed by atoms with Crippen LogP contribution in [0.1, 0.15) is 123 Å². The minimum atomic E-state index is -0.758. The van der Waals surface area contributed by atoms with Crippen molar-refractivity contribution in [2.75, 3.05) is 33.4 Å². The average Bonchev–Trinajstić information content (AvgIpc) is 2.88. The van der Waals surface area contributed by atoms with Crippen molar-refractivity contribution in [3.63, 3.8) is 0 Å². The van der Waals surface area contributed by atoms with E-state index in [0.29, 0.717) is 13.0 Å². The summed E-state index contributed by atoms with van der Waals surface area (Å²) in [5.41, 5.74) is 0. The number of hydrogen-bond donors (Lipinski definition) is 1. The average molecular weight is 528 g/mol. The van der Waals surface area contributed by atoms with Crippen molar-refractivity contribution in [1.82, 2.24) is 10.2 Å². The molecule has 1 radical (unpaired) electrons. The predicted molar refractivity (Wildman–Crippen MR) is 148 cm³/mol. The molecule has 0 aromatic rings. The number of imide groups is 1. The maximum absolute atomic E-state index is 12.0. The van der Waals surface area contributed by atoms with E-state index in [0.717, 1.165) is 17.7 Å². The summed E-state index contributed by atoms with van der Waals surface area (Å²) in [6.45, 7) is 7.77. The monoisotopic (exact) mass is 527 g/mol. The number of ether oxygens (including phenoxy) is 3. The number of unbranched alkanes of at least 4 members (excludes halogenated alkanes) is 15. The van der Waals surface area contributed by atoms with Crippen LogP contribution in [0.15, 0.2) is 0 Å².